The van der Waals surface area contributed by atoms with Crippen LogP contribution in [0, 0.1) is 0 Å². The number of amides is 2. The van der Waals surface area contributed by atoms with Crippen LogP contribution in [0.15, 0.2) is 78.2 Å². The maximum absolute atomic E-state index is 12.5. The van der Waals surface area contributed by atoms with E-state index in [9.17, 15) is 9.59 Å². The minimum absolute atomic E-state index is 0.157. The highest BCUT2D eigenvalue weighted by atomic mass is 32.2. The molecule has 0 saturated carbocycles. The van der Waals surface area contributed by atoms with Crippen LogP contribution in [0.4, 0.5) is 5.69 Å². The van der Waals surface area contributed by atoms with Crippen LogP contribution in [-0.4, -0.2) is 27.5 Å². The number of anilines is 1. The van der Waals surface area contributed by atoms with Gasteiger partial charge in [-0.3, -0.25) is 9.59 Å². The van der Waals surface area contributed by atoms with Crippen molar-refractivity contribution >= 4 is 29.3 Å². The van der Waals surface area contributed by atoms with Crippen LogP contribution in [0.25, 0.3) is 0 Å². The first-order valence-corrected chi connectivity index (χ1v) is 9.32. The Morgan fingerprint density at radius 3 is 2.37 bits per heavy atom. The molecular weight excluding hydrogens is 360 g/mol. The minimum atomic E-state index is -0.242. The second-order valence-corrected chi connectivity index (χ2v) is 6.52. The molecule has 0 aliphatic rings. The average Bonchev–Trinajstić information content (AvgIpc) is 2.72. The summed E-state index contributed by atoms with van der Waals surface area (Å²) in [6.07, 6.45) is 3.25. The lowest BCUT2D eigenvalue weighted by molar-refractivity contribution is -0.113. The molecule has 136 valence electrons. The highest BCUT2D eigenvalue weighted by Gasteiger charge is 2.13. The highest BCUT2D eigenvalue weighted by Crippen LogP contribution is 2.17. The van der Waals surface area contributed by atoms with Crippen molar-refractivity contribution in [1.82, 2.24) is 15.3 Å². The Hall–Kier alpha value is -3.19. The third kappa shape index (κ3) is 5.65. The Morgan fingerprint density at radius 1 is 0.889 bits per heavy atom. The van der Waals surface area contributed by atoms with Gasteiger partial charge in [-0.05, 0) is 23.8 Å². The van der Waals surface area contributed by atoms with E-state index in [0.717, 1.165) is 5.56 Å². The fourth-order valence-corrected chi connectivity index (χ4v) is 2.94. The summed E-state index contributed by atoms with van der Waals surface area (Å²) in [5, 5.41) is 6.18. The molecule has 0 aliphatic heterocycles. The third-order valence-corrected chi connectivity index (χ3v) is 4.49. The zero-order valence-corrected chi connectivity index (χ0v) is 15.3. The molecule has 0 spiro atoms. The molecule has 0 atom stereocenters. The number of carbonyl (C=O) groups is 2. The normalized spacial score (nSPS) is 10.2. The maximum Gasteiger partial charge on any atom is 0.253 e. The first-order chi connectivity index (χ1) is 13.2. The molecule has 1 heterocycles. The van der Waals surface area contributed by atoms with E-state index in [1.807, 2.05) is 30.3 Å². The van der Waals surface area contributed by atoms with Crippen molar-refractivity contribution in [1.29, 1.82) is 0 Å². The molecule has 6 nitrogen and oxygen atoms in total. The van der Waals surface area contributed by atoms with Crippen LogP contribution < -0.4 is 10.6 Å². The Bertz CT molecular complexity index is 904. The van der Waals surface area contributed by atoms with Crippen LogP contribution in [0.2, 0.25) is 0 Å². The molecular formula is C20H18N4O2S. The number of aromatic nitrogens is 2. The summed E-state index contributed by atoms with van der Waals surface area (Å²) in [6, 6.07) is 18.3. The molecule has 0 radical (unpaired) electrons. The number of thioether (sulfide) groups is 1. The van der Waals surface area contributed by atoms with Crippen molar-refractivity contribution in [2.24, 2.45) is 0 Å². The lowest BCUT2D eigenvalue weighted by Crippen LogP contribution is -2.25. The summed E-state index contributed by atoms with van der Waals surface area (Å²) in [7, 11) is 0. The van der Waals surface area contributed by atoms with E-state index in [4.69, 9.17) is 0 Å². The molecule has 3 aromatic rings. The van der Waals surface area contributed by atoms with Gasteiger partial charge in [-0.15, -0.1) is 0 Å². The average molecular weight is 378 g/mol. The minimum Gasteiger partial charge on any atom is -0.348 e. The smallest absolute Gasteiger partial charge is 0.253 e. The van der Waals surface area contributed by atoms with Crippen LogP contribution in [0.1, 0.15) is 15.9 Å². The predicted octanol–water partition coefficient (Wildman–Crippen LogP) is 3.14. The van der Waals surface area contributed by atoms with Crippen LogP contribution in [0.3, 0.4) is 0 Å². The van der Waals surface area contributed by atoms with Crippen molar-refractivity contribution in [3.63, 3.8) is 0 Å². The Balaban J connectivity index is 1.59. The number of nitrogens with zero attached hydrogens (tertiary/aromatic N) is 2. The van der Waals surface area contributed by atoms with E-state index in [2.05, 4.69) is 20.6 Å². The molecule has 7 heteroatoms. The number of benzene rings is 2. The summed E-state index contributed by atoms with van der Waals surface area (Å²) in [5.41, 5.74) is 1.90. The molecule has 0 saturated heterocycles. The number of hydrogen-bond acceptors (Lipinski definition) is 5. The second kappa shape index (κ2) is 9.49. The molecule has 0 aliphatic carbocycles. The summed E-state index contributed by atoms with van der Waals surface area (Å²) < 4.78 is 0. The Morgan fingerprint density at radius 2 is 1.59 bits per heavy atom. The van der Waals surface area contributed by atoms with E-state index < -0.39 is 0 Å². The largest absolute Gasteiger partial charge is 0.348 e. The summed E-state index contributed by atoms with van der Waals surface area (Å²) >= 11 is 1.23. The van der Waals surface area contributed by atoms with E-state index in [1.54, 1.807) is 42.7 Å². The molecule has 2 amide bonds. The number of para-hydroxylation sites is 1. The molecule has 0 bridgehead atoms. The van der Waals surface area contributed by atoms with Gasteiger partial charge in [0.05, 0.1) is 17.0 Å². The van der Waals surface area contributed by atoms with E-state index in [0.29, 0.717) is 23.0 Å². The van der Waals surface area contributed by atoms with Gasteiger partial charge in [-0.1, -0.05) is 54.2 Å². The van der Waals surface area contributed by atoms with Gasteiger partial charge < -0.3 is 10.6 Å². The SMILES string of the molecule is O=C(CSc1ncccn1)Nc1ccccc1C(=O)NCc1ccccc1. The number of rotatable bonds is 7. The maximum atomic E-state index is 12.5. The number of carbonyl (C=O) groups excluding carboxylic acids is 2. The zero-order chi connectivity index (χ0) is 18.9. The van der Waals surface area contributed by atoms with Gasteiger partial charge in [0.1, 0.15) is 0 Å². The van der Waals surface area contributed by atoms with Gasteiger partial charge in [0.25, 0.3) is 5.91 Å². The highest BCUT2D eigenvalue weighted by molar-refractivity contribution is 7.99. The second-order valence-electron chi connectivity index (χ2n) is 5.58. The van der Waals surface area contributed by atoms with Gasteiger partial charge in [-0.2, -0.15) is 0 Å². The quantitative estimate of drug-likeness (QED) is 0.487. The van der Waals surface area contributed by atoms with Crippen molar-refractivity contribution in [2.45, 2.75) is 11.7 Å². The molecule has 1 aromatic heterocycles. The van der Waals surface area contributed by atoms with Crippen LogP contribution >= 0.6 is 11.8 Å². The van der Waals surface area contributed by atoms with Crippen molar-refractivity contribution in [3.8, 4) is 0 Å². The lowest BCUT2D eigenvalue weighted by atomic mass is 10.1. The van der Waals surface area contributed by atoms with Crippen molar-refractivity contribution in [2.75, 3.05) is 11.1 Å². The fraction of sp³-hybridized carbons (Fsp3) is 0.100. The van der Waals surface area contributed by atoms with E-state index in [-0.39, 0.29) is 17.6 Å². The first-order valence-electron chi connectivity index (χ1n) is 8.33. The topological polar surface area (TPSA) is 84.0 Å². The van der Waals surface area contributed by atoms with E-state index in [1.165, 1.54) is 11.8 Å². The molecule has 0 fully saturated rings. The summed E-state index contributed by atoms with van der Waals surface area (Å²) in [5.74, 6) is -0.311. The monoisotopic (exact) mass is 378 g/mol. The lowest BCUT2D eigenvalue weighted by Gasteiger charge is -2.11. The first kappa shape index (κ1) is 18.6. The number of hydrogen-bond donors (Lipinski definition) is 2. The predicted molar refractivity (Wildman–Crippen MR) is 105 cm³/mol. The van der Waals surface area contributed by atoms with Crippen LogP contribution in [0.5, 0.6) is 0 Å². The van der Waals surface area contributed by atoms with Crippen molar-refractivity contribution in [3.05, 3.63) is 84.2 Å². The van der Waals surface area contributed by atoms with Gasteiger partial charge in [0.15, 0.2) is 5.16 Å². The molecule has 2 N–H and O–H groups in total. The van der Waals surface area contributed by atoms with Gasteiger partial charge >= 0.3 is 0 Å². The van der Waals surface area contributed by atoms with Gasteiger partial charge in [-0.25, -0.2) is 9.97 Å². The van der Waals surface area contributed by atoms with E-state index >= 15 is 0 Å². The molecule has 0 unspecified atom stereocenters. The van der Waals surface area contributed by atoms with Gasteiger partial charge in [0, 0.05) is 18.9 Å². The van der Waals surface area contributed by atoms with Crippen LogP contribution in [-0.2, 0) is 11.3 Å². The standard InChI is InChI=1S/C20H18N4O2S/c25-18(14-27-20-21-11-6-12-22-20)24-17-10-5-4-9-16(17)19(26)23-13-15-7-2-1-3-8-15/h1-12H,13-14H2,(H,23,26)(H,24,25). The third-order valence-electron chi connectivity index (χ3n) is 3.62. The Labute approximate surface area is 161 Å². The zero-order valence-electron chi connectivity index (χ0n) is 14.5. The summed E-state index contributed by atoms with van der Waals surface area (Å²) in [6.45, 7) is 0.420. The van der Waals surface area contributed by atoms with Crippen molar-refractivity contribution < 1.29 is 9.59 Å². The molecule has 27 heavy (non-hydrogen) atoms. The van der Waals surface area contributed by atoms with Gasteiger partial charge in [0.2, 0.25) is 5.91 Å². The number of nitrogens with one attached hydrogen (secondary N) is 2. The Kier molecular flexibility index (Phi) is 6.54. The summed E-state index contributed by atoms with van der Waals surface area (Å²) in [4.78, 5) is 32.9. The molecule has 2 aromatic carbocycles. The fourth-order valence-electron chi connectivity index (χ4n) is 2.34. The molecule has 3 rings (SSSR count).